The number of aryl methyl sites for hydroxylation is 1. The van der Waals surface area contributed by atoms with Gasteiger partial charge in [-0.3, -0.25) is 0 Å². The lowest BCUT2D eigenvalue weighted by Crippen LogP contribution is -1.95. The van der Waals surface area contributed by atoms with E-state index in [4.69, 9.17) is 16.3 Å². The minimum absolute atomic E-state index is 0.214. The molecular formula is C17H15ClFNO. The molecule has 2 nitrogen and oxygen atoms in total. The Hall–Kier alpha value is -2.00. The van der Waals surface area contributed by atoms with E-state index in [1.165, 1.54) is 6.07 Å². The van der Waals surface area contributed by atoms with Crippen LogP contribution in [0.4, 0.5) is 4.39 Å². The van der Waals surface area contributed by atoms with Crippen molar-refractivity contribution in [2.45, 2.75) is 20.1 Å². The maximum atomic E-state index is 14.1. The van der Waals surface area contributed by atoms with Gasteiger partial charge < -0.3 is 9.30 Å². The fourth-order valence-electron chi connectivity index (χ4n) is 2.46. The van der Waals surface area contributed by atoms with Crippen LogP contribution < -0.4 is 4.74 Å². The average molecular weight is 304 g/mol. The minimum Gasteiger partial charge on any atom is -0.489 e. The summed E-state index contributed by atoms with van der Waals surface area (Å²) in [6.07, 6.45) is 1.95. The molecule has 3 rings (SSSR count). The molecule has 0 saturated carbocycles. The van der Waals surface area contributed by atoms with Crippen molar-refractivity contribution in [3.8, 4) is 5.75 Å². The maximum Gasteiger partial charge on any atom is 0.132 e. The van der Waals surface area contributed by atoms with Gasteiger partial charge in [-0.25, -0.2) is 4.39 Å². The molecule has 1 aromatic heterocycles. The molecule has 0 aliphatic carbocycles. The first-order chi connectivity index (χ1) is 10.2. The second kappa shape index (κ2) is 5.78. The molecule has 0 amide bonds. The molecule has 0 spiro atoms. The van der Waals surface area contributed by atoms with Crippen molar-refractivity contribution in [1.29, 1.82) is 0 Å². The van der Waals surface area contributed by atoms with E-state index in [1.807, 2.05) is 23.8 Å². The Morgan fingerprint density at radius 3 is 2.62 bits per heavy atom. The third-order valence-corrected chi connectivity index (χ3v) is 3.73. The third kappa shape index (κ3) is 2.74. The topological polar surface area (TPSA) is 14.2 Å². The van der Waals surface area contributed by atoms with E-state index < -0.39 is 0 Å². The van der Waals surface area contributed by atoms with Gasteiger partial charge in [0.05, 0.1) is 5.52 Å². The molecule has 3 aromatic rings. The molecule has 0 atom stereocenters. The summed E-state index contributed by atoms with van der Waals surface area (Å²) in [5.74, 6) is 0.502. The first-order valence-corrected chi connectivity index (χ1v) is 7.21. The number of benzene rings is 2. The zero-order valence-corrected chi connectivity index (χ0v) is 12.4. The van der Waals surface area contributed by atoms with E-state index in [0.29, 0.717) is 22.8 Å². The zero-order chi connectivity index (χ0) is 14.8. The standard InChI is InChI=1S/C17H15ClFNO/c1-2-20-10-12(17-15(19)4-3-5-16(17)20)11-21-14-8-6-13(18)7-9-14/h3-10H,2,11H2,1H3. The smallest absolute Gasteiger partial charge is 0.132 e. The first-order valence-electron chi connectivity index (χ1n) is 6.83. The molecule has 0 radical (unpaired) electrons. The Morgan fingerprint density at radius 1 is 1.14 bits per heavy atom. The van der Waals surface area contributed by atoms with E-state index >= 15 is 0 Å². The van der Waals surface area contributed by atoms with Gasteiger partial charge in [0.15, 0.2) is 0 Å². The van der Waals surface area contributed by atoms with Gasteiger partial charge >= 0.3 is 0 Å². The highest BCUT2D eigenvalue weighted by molar-refractivity contribution is 6.30. The monoisotopic (exact) mass is 303 g/mol. The maximum absolute atomic E-state index is 14.1. The number of nitrogens with zero attached hydrogens (tertiary/aromatic N) is 1. The predicted octanol–water partition coefficient (Wildman–Crippen LogP) is 5.03. The van der Waals surface area contributed by atoms with Crippen LogP contribution in [0.2, 0.25) is 5.02 Å². The van der Waals surface area contributed by atoms with Crippen molar-refractivity contribution < 1.29 is 9.13 Å². The van der Waals surface area contributed by atoms with Crippen LogP contribution in [0.3, 0.4) is 0 Å². The van der Waals surface area contributed by atoms with Crippen LogP contribution in [0.5, 0.6) is 5.75 Å². The second-order valence-corrected chi connectivity index (χ2v) is 5.25. The third-order valence-electron chi connectivity index (χ3n) is 3.48. The highest BCUT2D eigenvalue weighted by Gasteiger charge is 2.12. The highest BCUT2D eigenvalue weighted by Crippen LogP contribution is 2.26. The minimum atomic E-state index is -0.214. The van der Waals surface area contributed by atoms with Crippen LogP contribution in [-0.4, -0.2) is 4.57 Å². The second-order valence-electron chi connectivity index (χ2n) is 4.82. The van der Waals surface area contributed by atoms with Gasteiger partial charge in [0.2, 0.25) is 0 Å². The summed E-state index contributed by atoms with van der Waals surface area (Å²) in [5.41, 5.74) is 1.74. The van der Waals surface area contributed by atoms with Crippen LogP contribution in [0, 0.1) is 5.82 Å². The van der Waals surface area contributed by atoms with Gasteiger partial charge in [-0.2, -0.15) is 0 Å². The lowest BCUT2D eigenvalue weighted by atomic mass is 10.2. The molecule has 1 heterocycles. The first kappa shape index (κ1) is 14.0. The molecule has 108 valence electrons. The molecule has 0 N–H and O–H groups in total. The number of hydrogen-bond donors (Lipinski definition) is 0. The molecule has 0 aliphatic rings. The average Bonchev–Trinajstić information content (AvgIpc) is 2.86. The van der Waals surface area contributed by atoms with Crippen molar-refractivity contribution in [2.24, 2.45) is 0 Å². The molecule has 21 heavy (non-hydrogen) atoms. The Labute approximate surface area is 127 Å². The number of fused-ring (bicyclic) bond motifs is 1. The number of rotatable bonds is 4. The van der Waals surface area contributed by atoms with Crippen molar-refractivity contribution >= 4 is 22.5 Å². The van der Waals surface area contributed by atoms with Gasteiger partial charge in [0.25, 0.3) is 0 Å². The van der Waals surface area contributed by atoms with E-state index in [2.05, 4.69) is 0 Å². The molecule has 0 fully saturated rings. The van der Waals surface area contributed by atoms with Crippen molar-refractivity contribution in [3.63, 3.8) is 0 Å². The van der Waals surface area contributed by atoms with Crippen molar-refractivity contribution in [1.82, 2.24) is 4.57 Å². The Bertz CT molecular complexity index is 764. The van der Waals surface area contributed by atoms with Crippen molar-refractivity contribution in [2.75, 3.05) is 0 Å². The number of halogens is 2. The molecule has 0 bridgehead atoms. The number of hydrogen-bond acceptors (Lipinski definition) is 1. The summed E-state index contributed by atoms with van der Waals surface area (Å²) in [6.45, 7) is 3.15. The van der Waals surface area contributed by atoms with Crippen molar-refractivity contribution in [3.05, 3.63) is 65.1 Å². The van der Waals surface area contributed by atoms with E-state index in [0.717, 1.165) is 17.6 Å². The van der Waals surface area contributed by atoms with Crippen LogP contribution in [0.1, 0.15) is 12.5 Å². The summed E-state index contributed by atoms with van der Waals surface area (Å²) in [5, 5.41) is 1.30. The van der Waals surface area contributed by atoms with Gasteiger partial charge in [-0.05, 0) is 43.3 Å². The fourth-order valence-corrected chi connectivity index (χ4v) is 2.58. The van der Waals surface area contributed by atoms with Crippen LogP contribution in [0.15, 0.2) is 48.7 Å². The van der Waals surface area contributed by atoms with Gasteiger partial charge in [-0.1, -0.05) is 17.7 Å². The van der Waals surface area contributed by atoms with E-state index in [9.17, 15) is 4.39 Å². The molecule has 4 heteroatoms. The summed E-state index contributed by atoms with van der Waals surface area (Å²) in [4.78, 5) is 0. The fraction of sp³-hybridized carbons (Fsp3) is 0.176. The Kier molecular flexibility index (Phi) is 3.84. The Morgan fingerprint density at radius 2 is 1.90 bits per heavy atom. The van der Waals surface area contributed by atoms with Gasteiger partial charge in [-0.15, -0.1) is 0 Å². The van der Waals surface area contributed by atoms with E-state index in [-0.39, 0.29) is 5.82 Å². The van der Waals surface area contributed by atoms with Crippen LogP contribution in [-0.2, 0) is 13.2 Å². The molecular weight excluding hydrogens is 289 g/mol. The van der Waals surface area contributed by atoms with Crippen LogP contribution in [0.25, 0.3) is 10.9 Å². The summed E-state index contributed by atoms with van der Waals surface area (Å²) < 4.78 is 21.8. The molecule has 0 aliphatic heterocycles. The van der Waals surface area contributed by atoms with E-state index in [1.54, 1.807) is 30.3 Å². The zero-order valence-electron chi connectivity index (χ0n) is 11.6. The highest BCUT2D eigenvalue weighted by atomic mass is 35.5. The summed E-state index contributed by atoms with van der Waals surface area (Å²) in [7, 11) is 0. The van der Waals surface area contributed by atoms with Crippen LogP contribution >= 0.6 is 11.6 Å². The normalized spacial score (nSPS) is 11.0. The molecule has 0 saturated heterocycles. The predicted molar refractivity (Wildman–Crippen MR) is 83.4 cm³/mol. The quantitative estimate of drug-likeness (QED) is 0.659. The number of aromatic nitrogens is 1. The number of ether oxygens (including phenoxy) is 1. The molecule has 2 aromatic carbocycles. The summed E-state index contributed by atoms with van der Waals surface area (Å²) in [6, 6.07) is 12.3. The lowest BCUT2D eigenvalue weighted by molar-refractivity contribution is 0.307. The SMILES string of the molecule is CCn1cc(COc2ccc(Cl)cc2)c2c(F)cccc21. The largest absolute Gasteiger partial charge is 0.489 e. The van der Waals surface area contributed by atoms with Gasteiger partial charge in [0.1, 0.15) is 18.2 Å². The van der Waals surface area contributed by atoms with Gasteiger partial charge in [0, 0.05) is 28.7 Å². The summed E-state index contributed by atoms with van der Waals surface area (Å²) >= 11 is 5.84. The Balaban J connectivity index is 1.91. The lowest BCUT2D eigenvalue weighted by Gasteiger charge is -2.05. The molecule has 0 unspecified atom stereocenters.